The molecule has 1 aromatic rings. The molecule has 0 radical (unpaired) electrons. The van der Waals surface area contributed by atoms with Crippen LogP contribution in [0.25, 0.3) is 0 Å². The van der Waals surface area contributed by atoms with Crippen molar-refractivity contribution in [3.63, 3.8) is 0 Å². The Bertz CT molecular complexity index is 394. The first-order valence-electron chi connectivity index (χ1n) is 7.35. The quantitative estimate of drug-likeness (QED) is 0.880. The van der Waals surface area contributed by atoms with Gasteiger partial charge in [0.2, 0.25) is 0 Å². The molecule has 0 bridgehead atoms. The largest absolute Gasteiger partial charge is 0.366 e. The van der Waals surface area contributed by atoms with E-state index in [-0.39, 0.29) is 5.41 Å². The fraction of sp³-hybridized carbons (Fsp3) is 0.688. The van der Waals surface area contributed by atoms with Crippen LogP contribution in [-0.2, 0) is 5.41 Å². The van der Waals surface area contributed by atoms with E-state index >= 15 is 0 Å². The summed E-state index contributed by atoms with van der Waals surface area (Å²) in [6.45, 7) is 8.92. The molecule has 0 saturated heterocycles. The average Bonchev–Trinajstić information content (AvgIpc) is 2.77. The van der Waals surface area contributed by atoms with Crippen molar-refractivity contribution in [2.75, 3.05) is 11.1 Å². The van der Waals surface area contributed by atoms with Gasteiger partial charge in [0.05, 0.1) is 0 Å². The maximum absolute atomic E-state index is 4.58. The van der Waals surface area contributed by atoms with Crippen LogP contribution >= 0.6 is 11.8 Å². The molecule has 1 aromatic heterocycles. The number of anilines is 1. The van der Waals surface area contributed by atoms with Crippen LogP contribution in [0, 0.1) is 0 Å². The molecule has 2 unspecified atom stereocenters. The van der Waals surface area contributed by atoms with E-state index < -0.39 is 0 Å². The Morgan fingerprint density at radius 3 is 2.68 bits per heavy atom. The van der Waals surface area contributed by atoms with Gasteiger partial charge in [-0.2, -0.15) is 11.8 Å². The number of nitrogens with one attached hydrogen (secondary N) is 1. The number of hydrogen-bond acceptors (Lipinski definition) is 3. The predicted octanol–water partition coefficient (Wildman–Crippen LogP) is 4.47. The lowest BCUT2D eigenvalue weighted by molar-refractivity contribution is 0.587. The smallest absolute Gasteiger partial charge is 0.126 e. The van der Waals surface area contributed by atoms with E-state index in [1.165, 1.54) is 30.6 Å². The van der Waals surface area contributed by atoms with Gasteiger partial charge in [-0.3, -0.25) is 0 Å². The highest BCUT2D eigenvalue weighted by atomic mass is 32.2. The van der Waals surface area contributed by atoms with Crippen molar-refractivity contribution in [1.29, 1.82) is 0 Å². The van der Waals surface area contributed by atoms with Crippen molar-refractivity contribution in [2.24, 2.45) is 0 Å². The van der Waals surface area contributed by atoms with E-state index in [0.717, 1.165) is 11.1 Å². The van der Waals surface area contributed by atoms with Gasteiger partial charge >= 0.3 is 0 Å². The molecule has 1 aliphatic carbocycles. The van der Waals surface area contributed by atoms with E-state index in [4.69, 9.17) is 0 Å². The maximum Gasteiger partial charge on any atom is 0.126 e. The molecule has 1 N–H and O–H groups in total. The van der Waals surface area contributed by atoms with Crippen LogP contribution in [0.1, 0.15) is 52.5 Å². The van der Waals surface area contributed by atoms with Crippen LogP contribution in [0.15, 0.2) is 18.3 Å². The number of thioether (sulfide) groups is 1. The molecule has 1 fully saturated rings. The summed E-state index contributed by atoms with van der Waals surface area (Å²) in [5.41, 5.74) is 1.48. The predicted molar refractivity (Wildman–Crippen MR) is 86.1 cm³/mol. The Labute approximate surface area is 121 Å². The summed E-state index contributed by atoms with van der Waals surface area (Å²) in [6, 6.07) is 4.93. The van der Waals surface area contributed by atoms with E-state index in [1.54, 1.807) is 0 Å². The van der Waals surface area contributed by atoms with Crippen molar-refractivity contribution >= 4 is 17.6 Å². The van der Waals surface area contributed by atoms with Crippen LogP contribution in [-0.4, -0.2) is 22.0 Å². The highest BCUT2D eigenvalue weighted by molar-refractivity contribution is 7.99. The van der Waals surface area contributed by atoms with E-state index in [9.17, 15) is 0 Å². The number of hydrogen-bond donors (Lipinski definition) is 1. The Balaban J connectivity index is 1.99. The molecule has 3 heteroatoms. The summed E-state index contributed by atoms with van der Waals surface area (Å²) in [5.74, 6) is 2.24. The highest BCUT2D eigenvalue weighted by Crippen LogP contribution is 2.32. The van der Waals surface area contributed by atoms with Gasteiger partial charge in [-0.1, -0.05) is 40.2 Å². The second-order valence-corrected chi connectivity index (χ2v) is 7.87. The third kappa shape index (κ3) is 3.88. The summed E-state index contributed by atoms with van der Waals surface area (Å²) < 4.78 is 0. The third-order valence-electron chi connectivity index (χ3n) is 3.80. The van der Waals surface area contributed by atoms with Gasteiger partial charge in [0.25, 0.3) is 0 Å². The molecule has 0 amide bonds. The molecular formula is C16H26N2S. The molecule has 0 spiro atoms. The lowest BCUT2D eigenvalue weighted by Crippen LogP contribution is -2.26. The van der Waals surface area contributed by atoms with Gasteiger partial charge in [-0.25, -0.2) is 4.98 Å². The number of pyridine rings is 1. The molecule has 0 aliphatic heterocycles. The summed E-state index contributed by atoms with van der Waals surface area (Å²) >= 11 is 2.08. The first-order chi connectivity index (χ1) is 9.00. The molecule has 1 heterocycles. The van der Waals surface area contributed by atoms with Gasteiger partial charge in [0.1, 0.15) is 5.82 Å². The molecule has 1 aliphatic rings. The van der Waals surface area contributed by atoms with Crippen molar-refractivity contribution in [1.82, 2.24) is 4.98 Å². The van der Waals surface area contributed by atoms with Crippen LogP contribution in [0.2, 0.25) is 0 Å². The molecule has 19 heavy (non-hydrogen) atoms. The first kappa shape index (κ1) is 14.7. The van der Waals surface area contributed by atoms with Crippen molar-refractivity contribution in [3.8, 4) is 0 Å². The zero-order valence-corrected chi connectivity index (χ0v) is 13.4. The zero-order chi connectivity index (χ0) is 13.9. The first-order valence-corrected chi connectivity index (χ1v) is 8.40. The van der Waals surface area contributed by atoms with E-state index in [1.807, 2.05) is 6.20 Å². The SMILES string of the molecule is CCSC1CCCC1Nc1ccc(C(C)(C)C)cn1. The second-order valence-electron chi connectivity index (χ2n) is 6.36. The van der Waals surface area contributed by atoms with Crippen LogP contribution in [0.5, 0.6) is 0 Å². The van der Waals surface area contributed by atoms with Gasteiger partial charge in [0.15, 0.2) is 0 Å². The van der Waals surface area contributed by atoms with Crippen LogP contribution < -0.4 is 5.32 Å². The number of rotatable bonds is 4. The van der Waals surface area contributed by atoms with Gasteiger partial charge in [0, 0.05) is 17.5 Å². The topological polar surface area (TPSA) is 24.9 Å². The molecule has 2 rings (SSSR count). The van der Waals surface area contributed by atoms with Gasteiger partial charge in [-0.15, -0.1) is 0 Å². The minimum atomic E-state index is 0.180. The normalized spacial score (nSPS) is 23.6. The van der Waals surface area contributed by atoms with E-state index in [0.29, 0.717) is 6.04 Å². The minimum Gasteiger partial charge on any atom is -0.366 e. The van der Waals surface area contributed by atoms with E-state index in [2.05, 4.69) is 61.9 Å². The third-order valence-corrected chi connectivity index (χ3v) is 5.12. The summed E-state index contributed by atoms with van der Waals surface area (Å²) in [5, 5.41) is 4.38. The monoisotopic (exact) mass is 278 g/mol. The number of nitrogens with zero attached hydrogens (tertiary/aromatic N) is 1. The summed E-state index contributed by atoms with van der Waals surface area (Å²) in [4.78, 5) is 4.58. The van der Waals surface area contributed by atoms with Crippen molar-refractivity contribution < 1.29 is 0 Å². The van der Waals surface area contributed by atoms with Crippen molar-refractivity contribution in [2.45, 2.75) is 63.7 Å². The number of aromatic nitrogens is 1. The van der Waals surface area contributed by atoms with Gasteiger partial charge < -0.3 is 5.32 Å². The highest BCUT2D eigenvalue weighted by Gasteiger charge is 2.27. The molecule has 106 valence electrons. The summed E-state index contributed by atoms with van der Waals surface area (Å²) in [7, 11) is 0. The maximum atomic E-state index is 4.58. The molecule has 2 atom stereocenters. The fourth-order valence-corrected chi connectivity index (χ4v) is 3.82. The molecular weight excluding hydrogens is 252 g/mol. The molecule has 0 aromatic carbocycles. The molecule has 1 saturated carbocycles. The Morgan fingerprint density at radius 2 is 2.11 bits per heavy atom. The Morgan fingerprint density at radius 1 is 1.32 bits per heavy atom. The standard InChI is InChI=1S/C16H26N2S/c1-5-19-14-8-6-7-13(14)18-15-10-9-12(11-17-15)16(2,3)4/h9-11,13-14H,5-8H2,1-4H3,(H,17,18). The lowest BCUT2D eigenvalue weighted by atomic mass is 9.88. The minimum absolute atomic E-state index is 0.180. The molecule has 2 nitrogen and oxygen atoms in total. The zero-order valence-electron chi connectivity index (χ0n) is 12.6. The van der Waals surface area contributed by atoms with Crippen LogP contribution in [0.3, 0.4) is 0 Å². The van der Waals surface area contributed by atoms with Gasteiger partial charge in [-0.05, 0) is 35.6 Å². The average molecular weight is 278 g/mol. The lowest BCUT2D eigenvalue weighted by Gasteiger charge is -2.22. The second kappa shape index (κ2) is 6.17. The van der Waals surface area contributed by atoms with Crippen LogP contribution in [0.4, 0.5) is 5.82 Å². The fourth-order valence-electron chi connectivity index (χ4n) is 2.62. The summed E-state index contributed by atoms with van der Waals surface area (Å²) in [6.07, 6.45) is 5.98. The Hall–Kier alpha value is -0.700. The Kier molecular flexibility index (Phi) is 4.77. The van der Waals surface area contributed by atoms with Crippen molar-refractivity contribution in [3.05, 3.63) is 23.9 Å².